The molecule has 1 N–H and O–H groups in total. The van der Waals surface area contributed by atoms with Crippen molar-refractivity contribution in [1.82, 2.24) is 15.3 Å². The molecular weight excluding hydrogens is 353 g/mol. The first-order valence-corrected chi connectivity index (χ1v) is 9.76. The molecule has 1 aromatic heterocycles. The highest BCUT2D eigenvalue weighted by atomic mass is 32.2. The Kier molecular flexibility index (Phi) is 7.84. The molecule has 26 heavy (non-hydrogen) atoms. The highest BCUT2D eigenvalue weighted by molar-refractivity contribution is 7.98. The van der Waals surface area contributed by atoms with E-state index in [9.17, 15) is 9.18 Å². The van der Waals surface area contributed by atoms with Crippen LogP contribution in [0.25, 0.3) is 0 Å². The van der Waals surface area contributed by atoms with Gasteiger partial charge in [0.1, 0.15) is 0 Å². The van der Waals surface area contributed by atoms with Crippen LogP contribution in [0.3, 0.4) is 0 Å². The van der Waals surface area contributed by atoms with E-state index in [2.05, 4.69) is 15.3 Å². The molecule has 2 rings (SSSR count). The summed E-state index contributed by atoms with van der Waals surface area (Å²) in [6, 6.07) is 6.28. The van der Waals surface area contributed by atoms with Crippen molar-refractivity contribution in [2.24, 2.45) is 0 Å². The van der Waals surface area contributed by atoms with Gasteiger partial charge < -0.3 is 10.1 Å². The van der Waals surface area contributed by atoms with Crippen molar-refractivity contribution >= 4 is 17.7 Å². The molecule has 0 aliphatic carbocycles. The average Bonchev–Trinajstić information content (AvgIpc) is 2.62. The van der Waals surface area contributed by atoms with E-state index in [0.29, 0.717) is 32.4 Å². The molecule has 0 aliphatic rings. The average molecular weight is 377 g/mol. The number of hydrogen-bond donors (Lipinski definition) is 1. The number of aromatic nitrogens is 2. The fourth-order valence-corrected chi connectivity index (χ4v) is 2.99. The zero-order valence-corrected chi connectivity index (χ0v) is 16.2. The molecule has 0 unspecified atom stereocenters. The van der Waals surface area contributed by atoms with E-state index >= 15 is 0 Å². The van der Waals surface area contributed by atoms with Gasteiger partial charge in [0.05, 0.1) is 6.61 Å². The van der Waals surface area contributed by atoms with Gasteiger partial charge in [-0.05, 0) is 50.6 Å². The maximum Gasteiger partial charge on any atom is 0.220 e. The monoisotopic (exact) mass is 377 g/mol. The molecule has 2 aromatic rings. The molecule has 0 saturated carbocycles. The number of hydrogen-bond acceptors (Lipinski definition) is 5. The van der Waals surface area contributed by atoms with Crippen LogP contribution in [-0.2, 0) is 11.2 Å². The number of aryl methyl sites for hydroxylation is 2. The second-order valence-electron chi connectivity index (χ2n) is 5.84. The van der Waals surface area contributed by atoms with E-state index in [1.807, 2.05) is 20.1 Å². The smallest absolute Gasteiger partial charge is 0.220 e. The van der Waals surface area contributed by atoms with Crippen LogP contribution in [-0.4, -0.2) is 35.3 Å². The van der Waals surface area contributed by atoms with Gasteiger partial charge in [0.2, 0.25) is 5.91 Å². The molecule has 1 aromatic carbocycles. The normalized spacial score (nSPS) is 10.6. The minimum absolute atomic E-state index is 0.0244. The van der Waals surface area contributed by atoms with Crippen molar-refractivity contribution in [3.8, 4) is 5.75 Å². The van der Waals surface area contributed by atoms with Crippen molar-refractivity contribution < 1.29 is 13.9 Å². The third-order valence-electron chi connectivity index (χ3n) is 3.92. The van der Waals surface area contributed by atoms with Gasteiger partial charge in [-0.15, -0.1) is 0 Å². The van der Waals surface area contributed by atoms with Gasteiger partial charge in [-0.25, -0.2) is 14.4 Å². The number of para-hydroxylation sites is 1. The number of rotatable bonds is 9. The molecule has 0 fully saturated rings. The van der Waals surface area contributed by atoms with Gasteiger partial charge in [0.25, 0.3) is 0 Å². The lowest BCUT2D eigenvalue weighted by Crippen LogP contribution is -2.26. The standard InChI is InChI=1S/C19H24FN3O2S/c1-13-15(14(2)23-19(22-13)26-3)9-10-18(24)21-11-6-12-25-17-8-5-4-7-16(17)20/h4-5,7-8H,6,9-12H2,1-3H3,(H,21,24). The second kappa shape index (κ2) is 10.1. The summed E-state index contributed by atoms with van der Waals surface area (Å²) < 4.78 is 18.8. The largest absolute Gasteiger partial charge is 0.490 e. The lowest BCUT2D eigenvalue weighted by Gasteiger charge is -2.10. The summed E-state index contributed by atoms with van der Waals surface area (Å²) in [5.41, 5.74) is 2.88. The number of nitrogens with zero attached hydrogens (tertiary/aromatic N) is 2. The van der Waals surface area contributed by atoms with Gasteiger partial charge in [0.15, 0.2) is 16.7 Å². The van der Waals surface area contributed by atoms with Crippen LogP contribution in [0.5, 0.6) is 5.75 Å². The van der Waals surface area contributed by atoms with E-state index in [0.717, 1.165) is 22.1 Å². The van der Waals surface area contributed by atoms with Crippen molar-refractivity contribution in [2.45, 2.75) is 38.3 Å². The van der Waals surface area contributed by atoms with Gasteiger partial charge in [-0.3, -0.25) is 4.79 Å². The summed E-state index contributed by atoms with van der Waals surface area (Å²) in [6.45, 7) is 4.74. The molecule has 0 spiro atoms. The van der Waals surface area contributed by atoms with Gasteiger partial charge in [0, 0.05) is 24.4 Å². The van der Waals surface area contributed by atoms with E-state index in [1.165, 1.54) is 17.8 Å². The van der Waals surface area contributed by atoms with E-state index in [-0.39, 0.29) is 17.5 Å². The summed E-state index contributed by atoms with van der Waals surface area (Å²) >= 11 is 1.51. The van der Waals surface area contributed by atoms with E-state index in [4.69, 9.17) is 4.74 Å². The topological polar surface area (TPSA) is 64.1 Å². The lowest BCUT2D eigenvalue weighted by atomic mass is 10.1. The molecular formula is C19H24FN3O2S. The van der Waals surface area contributed by atoms with Crippen molar-refractivity contribution in [3.05, 3.63) is 47.0 Å². The van der Waals surface area contributed by atoms with Gasteiger partial charge >= 0.3 is 0 Å². The fraction of sp³-hybridized carbons (Fsp3) is 0.421. The summed E-state index contributed by atoms with van der Waals surface area (Å²) in [7, 11) is 0. The van der Waals surface area contributed by atoms with Gasteiger partial charge in [-0.2, -0.15) is 0 Å². The quantitative estimate of drug-likeness (QED) is 0.412. The Morgan fingerprint density at radius 2 is 1.92 bits per heavy atom. The van der Waals surface area contributed by atoms with Crippen LogP contribution >= 0.6 is 11.8 Å². The Hall–Kier alpha value is -2.15. The SMILES string of the molecule is CSc1nc(C)c(CCC(=O)NCCCOc2ccccc2F)c(C)n1. The molecule has 0 atom stereocenters. The summed E-state index contributed by atoms with van der Waals surface area (Å²) in [6.07, 6.45) is 3.56. The zero-order valence-electron chi connectivity index (χ0n) is 15.3. The number of ether oxygens (including phenoxy) is 1. The molecule has 1 heterocycles. The molecule has 7 heteroatoms. The highest BCUT2D eigenvalue weighted by Crippen LogP contribution is 2.17. The number of carbonyl (C=O) groups excluding carboxylic acids is 1. The number of benzene rings is 1. The summed E-state index contributed by atoms with van der Waals surface area (Å²) in [5, 5.41) is 3.61. The second-order valence-corrected chi connectivity index (χ2v) is 6.62. The minimum atomic E-state index is -0.378. The Balaban J connectivity index is 1.69. The van der Waals surface area contributed by atoms with Crippen LogP contribution in [0.4, 0.5) is 4.39 Å². The zero-order chi connectivity index (χ0) is 18.9. The Bertz CT molecular complexity index is 732. The van der Waals surface area contributed by atoms with Crippen molar-refractivity contribution in [3.63, 3.8) is 0 Å². The molecule has 1 amide bonds. The number of nitrogens with one attached hydrogen (secondary N) is 1. The highest BCUT2D eigenvalue weighted by Gasteiger charge is 2.10. The van der Waals surface area contributed by atoms with Crippen LogP contribution in [0, 0.1) is 19.7 Å². The number of amides is 1. The van der Waals surface area contributed by atoms with Gasteiger partial charge in [-0.1, -0.05) is 23.9 Å². The minimum Gasteiger partial charge on any atom is -0.490 e. The van der Waals surface area contributed by atoms with E-state index < -0.39 is 0 Å². The molecule has 0 aliphatic heterocycles. The van der Waals surface area contributed by atoms with Crippen LogP contribution < -0.4 is 10.1 Å². The summed E-state index contributed by atoms with van der Waals surface area (Å²) in [4.78, 5) is 20.8. The molecule has 5 nitrogen and oxygen atoms in total. The Morgan fingerprint density at radius 1 is 1.23 bits per heavy atom. The first kappa shape index (κ1) is 20.2. The number of carbonyl (C=O) groups is 1. The Labute approximate surface area is 157 Å². The fourth-order valence-electron chi connectivity index (χ4n) is 2.53. The van der Waals surface area contributed by atoms with Crippen LogP contribution in [0.2, 0.25) is 0 Å². The van der Waals surface area contributed by atoms with Crippen LogP contribution in [0.1, 0.15) is 29.8 Å². The predicted molar refractivity (Wildman–Crippen MR) is 101 cm³/mol. The van der Waals surface area contributed by atoms with Crippen LogP contribution in [0.15, 0.2) is 29.4 Å². The van der Waals surface area contributed by atoms with E-state index in [1.54, 1.807) is 18.2 Å². The molecule has 0 saturated heterocycles. The third kappa shape index (κ3) is 5.98. The van der Waals surface area contributed by atoms with Crippen molar-refractivity contribution in [2.75, 3.05) is 19.4 Å². The maximum atomic E-state index is 13.4. The number of thioether (sulfide) groups is 1. The summed E-state index contributed by atoms with van der Waals surface area (Å²) in [5.74, 6) is -0.168. The third-order valence-corrected chi connectivity index (χ3v) is 4.47. The first-order valence-electron chi connectivity index (χ1n) is 8.53. The Morgan fingerprint density at radius 3 is 2.58 bits per heavy atom. The molecule has 140 valence electrons. The maximum absolute atomic E-state index is 13.4. The number of halogens is 1. The van der Waals surface area contributed by atoms with Crippen molar-refractivity contribution in [1.29, 1.82) is 0 Å². The first-order chi connectivity index (χ1) is 12.5. The lowest BCUT2D eigenvalue weighted by molar-refractivity contribution is -0.121. The molecule has 0 radical (unpaired) electrons. The predicted octanol–water partition coefficient (Wildman–Crippen LogP) is 3.47. The molecule has 0 bridgehead atoms.